The van der Waals surface area contributed by atoms with Crippen molar-refractivity contribution in [1.29, 1.82) is 0 Å². The molecule has 3 unspecified atom stereocenters. The van der Waals surface area contributed by atoms with Crippen LogP contribution < -0.4 is 5.32 Å². The van der Waals surface area contributed by atoms with Crippen LogP contribution in [0.5, 0.6) is 0 Å². The third kappa shape index (κ3) is 2.68. The molecule has 0 bridgehead atoms. The van der Waals surface area contributed by atoms with Gasteiger partial charge in [0, 0.05) is 13.2 Å². The van der Waals surface area contributed by atoms with Gasteiger partial charge < -0.3 is 15.0 Å². The minimum Gasteiger partial charge on any atom is -0.378 e. The van der Waals surface area contributed by atoms with Gasteiger partial charge in [0.05, 0.1) is 6.10 Å². The average molecular weight is 280 g/mol. The Morgan fingerprint density at radius 2 is 2.10 bits per heavy atom. The van der Waals surface area contributed by atoms with Gasteiger partial charge in [0.25, 0.3) is 0 Å². The molecule has 0 aromatic carbocycles. The fourth-order valence-electron chi connectivity index (χ4n) is 3.36. The lowest BCUT2D eigenvalue weighted by Crippen LogP contribution is -2.64. The Bertz CT molecular complexity index is 389. The molecular weight excluding hydrogens is 256 g/mol. The van der Waals surface area contributed by atoms with Gasteiger partial charge in [-0.25, -0.2) is 0 Å². The molecule has 1 N–H and O–H groups in total. The van der Waals surface area contributed by atoms with Gasteiger partial charge in [-0.05, 0) is 44.4 Å². The topological polar surface area (TPSA) is 58.6 Å². The molecule has 1 aliphatic carbocycles. The van der Waals surface area contributed by atoms with Crippen molar-refractivity contribution in [3.8, 4) is 0 Å². The summed E-state index contributed by atoms with van der Waals surface area (Å²) in [5, 5.41) is 2.88. The van der Waals surface area contributed by atoms with Gasteiger partial charge in [-0.1, -0.05) is 6.92 Å². The predicted octanol–water partition coefficient (Wildman–Crippen LogP) is 1.07. The van der Waals surface area contributed by atoms with Crippen LogP contribution in [0.15, 0.2) is 0 Å². The van der Waals surface area contributed by atoms with E-state index in [-0.39, 0.29) is 30.0 Å². The number of amides is 2. The zero-order valence-corrected chi connectivity index (χ0v) is 12.1. The van der Waals surface area contributed by atoms with Gasteiger partial charge in [-0.15, -0.1) is 0 Å². The number of hydrogen-bond acceptors (Lipinski definition) is 3. The lowest BCUT2D eigenvalue weighted by Gasteiger charge is -2.39. The third-order valence-electron chi connectivity index (χ3n) is 4.69. The number of nitrogens with zero attached hydrogens (tertiary/aromatic N) is 1. The van der Waals surface area contributed by atoms with Crippen LogP contribution in [-0.2, 0) is 14.3 Å². The van der Waals surface area contributed by atoms with E-state index in [1.165, 1.54) is 0 Å². The molecular formula is C15H24N2O3. The summed E-state index contributed by atoms with van der Waals surface area (Å²) < 4.78 is 5.63. The molecule has 2 saturated heterocycles. The van der Waals surface area contributed by atoms with Crippen molar-refractivity contribution < 1.29 is 14.3 Å². The van der Waals surface area contributed by atoms with Gasteiger partial charge in [0.15, 0.2) is 0 Å². The minimum atomic E-state index is -0.331. The number of ether oxygens (including phenoxy) is 1. The van der Waals surface area contributed by atoms with E-state index in [4.69, 9.17) is 4.74 Å². The van der Waals surface area contributed by atoms with Gasteiger partial charge >= 0.3 is 0 Å². The first-order chi connectivity index (χ1) is 9.70. The molecule has 112 valence electrons. The molecule has 2 heterocycles. The smallest absolute Gasteiger partial charge is 0.245 e. The Morgan fingerprint density at radius 1 is 1.30 bits per heavy atom. The monoisotopic (exact) mass is 280 g/mol. The van der Waals surface area contributed by atoms with E-state index < -0.39 is 0 Å². The predicted molar refractivity (Wildman–Crippen MR) is 74.0 cm³/mol. The van der Waals surface area contributed by atoms with Crippen molar-refractivity contribution in [2.45, 2.75) is 63.6 Å². The highest BCUT2D eigenvalue weighted by molar-refractivity contribution is 5.97. The quantitative estimate of drug-likeness (QED) is 0.819. The van der Waals surface area contributed by atoms with Crippen LogP contribution in [0, 0.1) is 5.92 Å². The van der Waals surface area contributed by atoms with E-state index in [0.717, 1.165) is 38.7 Å². The van der Waals surface area contributed by atoms with Crippen LogP contribution in [0.25, 0.3) is 0 Å². The molecule has 1 saturated carbocycles. The number of carbonyl (C=O) groups excluding carboxylic acids is 2. The SMILES string of the molecule is CCC1NC(=O)C(C2CC2)N(CCC2CCCO2)C1=O. The molecule has 5 nitrogen and oxygen atoms in total. The number of piperazine rings is 1. The van der Waals surface area contributed by atoms with Gasteiger partial charge in [-0.2, -0.15) is 0 Å². The lowest BCUT2D eigenvalue weighted by molar-refractivity contribution is -0.150. The second-order valence-electron chi connectivity index (χ2n) is 6.21. The van der Waals surface area contributed by atoms with Crippen molar-refractivity contribution in [3.05, 3.63) is 0 Å². The van der Waals surface area contributed by atoms with Crippen LogP contribution in [0.2, 0.25) is 0 Å². The second-order valence-corrected chi connectivity index (χ2v) is 6.21. The summed E-state index contributed by atoms with van der Waals surface area (Å²) in [5.41, 5.74) is 0. The van der Waals surface area contributed by atoms with Gasteiger partial charge in [0.1, 0.15) is 12.1 Å². The molecule has 0 spiro atoms. The second kappa shape index (κ2) is 5.72. The summed E-state index contributed by atoms with van der Waals surface area (Å²) in [4.78, 5) is 26.6. The zero-order valence-electron chi connectivity index (χ0n) is 12.1. The molecule has 5 heteroatoms. The van der Waals surface area contributed by atoms with E-state index in [1.54, 1.807) is 0 Å². The van der Waals surface area contributed by atoms with E-state index in [2.05, 4.69) is 5.32 Å². The summed E-state index contributed by atoms with van der Waals surface area (Å²) in [5.74, 6) is 0.523. The fraction of sp³-hybridized carbons (Fsp3) is 0.867. The summed E-state index contributed by atoms with van der Waals surface area (Å²) in [6.07, 6.45) is 6.13. The highest BCUT2D eigenvalue weighted by Gasteiger charge is 2.47. The largest absolute Gasteiger partial charge is 0.378 e. The maximum atomic E-state index is 12.5. The van der Waals surface area contributed by atoms with Crippen LogP contribution >= 0.6 is 0 Å². The first-order valence-electron chi connectivity index (χ1n) is 7.93. The highest BCUT2D eigenvalue weighted by Crippen LogP contribution is 2.37. The van der Waals surface area contributed by atoms with Crippen LogP contribution in [-0.4, -0.2) is 48.1 Å². The molecule has 0 radical (unpaired) electrons. The van der Waals surface area contributed by atoms with E-state index >= 15 is 0 Å². The Kier molecular flexibility index (Phi) is 3.96. The number of carbonyl (C=O) groups is 2. The third-order valence-corrected chi connectivity index (χ3v) is 4.69. The standard InChI is InChI=1S/C15H24N2O3/c1-2-12-15(19)17(8-7-11-4-3-9-20-11)13(10-5-6-10)14(18)16-12/h10-13H,2-9H2,1H3,(H,16,18). The summed E-state index contributed by atoms with van der Waals surface area (Å²) >= 11 is 0. The fourth-order valence-corrected chi connectivity index (χ4v) is 3.36. The molecule has 2 aliphatic heterocycles. The van der Waals surface area contributed by atoms with Crippen molar-refractivity contribution in [1.82, 2.24) is 10.2 Å². The Morgan fingerprint density at radius 3 is 2.70 bits per heavy atom. The van der Waals surface area contributed by atoms with E-state index in [0.29, 0.717) is 18.9 Å². The van der Waals surface area contributed by atoms with Crippen molar-refractivity contribution >= 4 is 11.8 Å². The summed E-state index contributed by atoms with van der Waals surface area (Å²) in [6, 6.07) is -0.561. The van der Waals surface area contributed by atoms with Crippen molar-refractivity contribution in [2.24, 2.45) is 5.92 Å². The molecule has 0 aromatic rings. The van der Waals surface area contributed by atoms with Crippen LogP contribution in [0.3, 0.4) is 0 Å². The lowest BCUT2D eigenvalue weighted by atomic mass is 10.0. The number of nitrogens with one attached hydrogen (secondary N) is 1. The number of rotatable bonds is 5. The molecule has 0 aromatic heterocycles. The Balaban J connectivity index is 1.67. The minimum absolute atomic E-state index is 0.0475. The van der Waals surface area contributed by atoms with Crippen molar-refractivity contribution in [3.63, 3.8) is 0 Å². The normalized spacial score (nSPS) is 34.5. The number of hydrogen-bond donors (Lipinski definition) is 1. The Hall–Kier alpha value is -1.10. The first kappa shape index (κ1) is 13.9. The maximum absolute atomic E-state index is 12.5. The Labute approximate surface area is 120 Å². The molecule has 3 fully saturated rings. The van der Waals surface area contributed by atoms with Gasteiger partial charge in [0.2, 0.25) is 11.8 Å². The molecule has 3 aliphatic rings. The zero-order chi connectivity index (χ0) is 14.1. The van der Waals surface area contributed by atoms with Crippen LogP contribution in [0.1, 0.15) is 45.4 Å². The average Bonchev–Trinajstić information content (AvgIpc) is 3.14. The highest BCUT2D eigenvalue weighted by atomic mass is 16.5. The molecule has 2 amide bonds. The maximum Gasteiger partial charge on any atom is 0.245 e. The first-order valence-corrected chi connectivity index (χ1v) is 7.93. The van der Waals surface area contributed by atoms with Gasteiger partial charge in [-0.3, -0.25) is 9.59 Å². The summed E-state index contributed by atoms with van der Waals surface area (Å²) in [6.45, 7) is 3.44. The molecule has 3 atom stereocenters. The van der Waals surface area contributed by atoms with Crippen LogP contribution in [0.4, 0.5) is 0 Å². The molecule has 20 heavy (non-hydrogen) atoms. The summed E-state index contributed by atoms with van der Waals surface area (Å²) in [7, 11) is 0. The van der Waals surface area contributed by atoms with E-state index in [9.17, 15) is 9.59 Å². The van der Waals surface area contributed by atoms with Crippen molar-refractivity contribution in [2.75, 3.05) is 13.2 Å². The van der Waals surface area contributed by atoms with E-state index in [1.807, 2.05) is 11.8 Å². The molecule has 3 rings (SSSR count).